The number of nitrogens with zero attached hydrogens (tertiary/aromatic N) is 4. The Labute approximate surface area is 177 Å². The van der Waals surface area contributed by atoms with Gasteiger partial charge in [-0.05, 0) is 31.2 Å². The Balaban J connectivity index is 1.99. The SMILES string of the molecule is COP1(=O)OCc2nn(C)c(C#N)c2-c2cnc(N)c(c2)OC(C)c2cc(F)ccc21. The van der Waals surface area contributed by atoms with E-state index in [1.54, 1.807) is 20.0 Å². The molecule has 2 bridgehead atoms. The second kappa shape index (κ2) is 7.78. The number of ether oxygens (including phenoxy) is 1. The Hall–Kier alpha value is -3.25. The van der Waals surface area contributed by atoms with Crippen LogP contribution in [0.25, 0.3) is 11.1 Å². The predicted molar refractivity (Wildman–Crippen MR) is 110 cm³/mol. The molecule has 0 spiro atoms. The van der Waals surface area contributed by atoms with Crippen LogP contribution in [0, 0.1) is 17.1 Å². The third kappa shape index (κ3) is 3.57. The number of benzene rings is 1. The van der Waals surface area contributed by atoms with Crippen LogP contribution < -0.4 is 15.8 Å². The monoisotopic (exact) mass is 443 g/mol. The first kappa shape index (κ1) is 21.0. The van der Waals surface area contributed by atoms with Crippen LogP contribution in [0.5, 0.6) is 5.75 Å². The summed E-state index contributed by atoms with van der Waals surface area (Å²) < 4.78 is 46.0. The zero-order valence-electron chi connectivity index (χ0n) is 17.0. The number of fused-ring (bicyclic) bond motifs is 5. The van der Waals surface area contributed by atoms with E-state index in [-0.39, 0.29) is 34.7 Å². The maximum atomic E-state index is 14.1. The lowest BCUT2D eigenvalue weighted by atomic mass is 10.0. The molecule has 0 aliphatic carbocycles. The number of hydrogen-bond donors (Lipinski definition) is 1. The number of aromatic nitrogens is 3. The van der Waals surface area contributed by atoms with E-state index in [0.717, 1.165) is 0 Å². The zero-order chi connectivity index (χ0) is 22.3. The summed E-state index contributed by atoms with van der Waals surface area (Å²) in [5.41, 5.74) is 7.88. The molecule has 1 aliphatic rings. The van der Waals surface area contributed by atoms with Gasteiger partial charge in [0, 0.05) is 37.0 Å². The van der Waals surface area contributed by atoms with Gasteiger partial charge in [-0.15, -0.1) is 0 Å². The maximum Gasteiger partial charge on any atom is 0.361 e. The topological polar surface area (TPSA) is 125 Å². The summed E-state index contributed by atoms with van der Waals surface area (Å²) in [6, 6.07) is 7.48. The number of halogens is 1. The molecule has 0 amide bonds. The molecule has 1 aliphatic heterocycles. The van der Waals surface area contributed by atoms with E-state index in [1.165, 1.54) is 36.2 Å². The minimum Gasteiger partial charge on any atom is -0.482 e. The van der Waals surface area contributed by atoms with Gasteiger partial charge in [0.05, 0.1) is 11.0 Å². The van der Waals surface area contributed by atoms with E-state index in [9.17, 15) is 14.2 Å². The Kier molecular flexibility index (Phi) is 5.27. The van der Waals surface area contributed by atoms with Crippen LogP contribution in [0.3, 0.4) is 0 Å². The Morgan fingerprint density at radius 2 is 2.19 bits per heavy atom. The highest BCUT2D eigenvalue weighted by Gasteiger charge is 2.34. The standard InChI is InChI=1S/C20H19FN5O4P/c1-11-14-7-13(21)4-5-18(14)31(27,28-3)29-10-15-19(16(8-22)26(2)25-15)12-6-17(30-11)20(23)24-9-12/h4-7,9,11H,10H2,1-3H3,(H2,23,24). The van der Waals surface area contributed by atoms with Gasteiger partial charge in [-0.2, -0.15) is 10.4 Å². The summed E-state index contributed by atoms with van der Waals surface area (Å²) in [7, 11) is -1.03. The second-order valence-electron chi connectivity index (χ2n) is 6.93. The third-order valence-corrected chi connectivity index (χ3v) is 6.98. The van der Waals surface area contributed by atoms with E-state index in [0.29, 0.717) is 16.8 Å². The molecule has 31 heavy (non-hydrogen) atoms. The zero-order valence-corrected chi connectivity index (χ0v) is 17.9. The number of nitrogen functional groups attached to an aromatic ring is 1. The summed E-state index contributed by atoms with van der Waals surface area (Å²) in [6.07, 6.45) is 0.726. The van der Waals surface area contributed by atoms with Crippen LogP contribution in [-0.2, 0) is 27.3 Å². The molecule has 2 N–H and O–H groups in total. The highest BCUT2D eigenvalue weighted by atomic mass is 31.2. The lowest BCUT2D eigenvalue weighted by molar-refractivity contribution is 0.220. The molecule has 160 valence electrons. The van der Waals surface area contributed by atoms with E-state index in [4.69, 9.17) is 19.5 Å². The molecule has 11 heteroatoms. The van der Waals surface area contributed by atoms with Crippen molar-refractivity contribution in [3.63, 3.8) is 0 Å². The third-order valence-electron chi connectivity index (χ3n) is 5.03. The normalized spacial score (nSPS) is 20.4. The van der Waals surface area contributed by atoms with Gasteiger partial charge in [0.1, 0.15) is 30.3 Å². The molecule has 0 saturated heterocycles. The van der Waals surface area contributed by atoms with Gasteiger partial charge in [-0.3, -0.25) is 13.8 Å². The van der Waals surface area contributed by atoms with Crippen LogP contribution >= 0.6 is 7.60 Å². The predicted octanol–water partition coefficient (Wildman–Crippen LogP) is 3.21. The minimum atomic E-state index is -3.89. The molecule has 9 nitrogen and oxygen atoms in total. The molecular formula is C20H19FN5O4P. The average Bonchev–Trinajstić information content (AvgIpc) is 3.08. The second-order valence-corrected chi connectivity index (χ2v) is 9.03. The van der Waals surface area contributed by atoms with Crippen LogP contribution in [-0.4, -0.2) is 21.9 Å². The number of nitriles is 1. The van der Waals surface area contributed by atoms with Crippen molar-refractivity contribution in [1.82, 2.24) is 14.8 Å². The van der Waals surface area contributed by atoms with Crippen molar-refractivity contribution < 1.29 is 22.7 Å². The maximum absolute atomic E-state index is 14.1. The summed E-state index contributed by atoms with van der Waals surface area (Å²) >= 11 is 0. The fourth-order valence-electron chi connectivity index (χ4n) is 3.52. The first-order valence-corrected chi connectivity index (χ1v) is 10.8. The summed E-state index contributed by atoms with van der Waals surface area (Å²) in [4.78, 5) is 4.18. The smallest absolute Gasteiger partial charge is 0.361 e. The summed E-state index contributed by atoms with van der Waals surface area (Å²) in [6.45, 7) is 1.44. The fourth-order valence-corrected chi connectivity index (χ4v) is 5.07. The van der Waals surface area contributed by atoms with Crippen molar-refractivity contribution in [3.05, 3.63) is 53.2 Å². The van der Waals surface area contributed by atoms with E-state index < -0.39 is 19.5 Å². The van der Waals surface area contributed by atoms with Crippen molar-refractivity contribution in [3.8, 4) is 22.9 Å². The molecule has 2 aromatic heterocycles. The highest BCUT2D eigenvalue weighted by molar-refractivity contribution is 7.62. The van der Waals surface area contributed by atoms with Crippen LogP contribution in [0.2, 0.25) is 0 Å². The minimum absolute atomic E-state index is 0.112. The van der Waals surface area contributed by atoms with Gasteiger partial charge < -0.3 is 15.0 Å². The van der Waals surface area contributed by atoms with E-state index >= 15 is 0 Å². The van der Waals surface area contributed by atoms with Crippen molar-refractivity contribution in [2.75, 3.05) is 12.8 Å². The fraction of sp³-hybridized carbons (Fsp3) is 0.250. The van der Waals surface area contributed by atoms with E-state index in [1.807, 2.05) is 0 Å². The van der Waals surface area contributed by atoms with Gasteiger partial charge in [0.15, 0.2) is 11.6 Å². The molecule has 0 radical (unpaired) electrons. The average molecular weight is 443 g/mol. The number of aryl methyl sites for hydroxylation is 1. The highest BCUT2D eigenvalue weighted by Crippen LogP contribution is 2.50. The number of rotatable bonds is 1. The molecule has 0 fully saturated rings. The van der Waals surface area contributed by atoms with Crippen molar-refractivity contribution in [2.24, 2.45) is 7.05 Å². The van der Waals surface area contributed by atoms with Gasteiger partial charge in [0.2, 0.25) is 0 Å². The van der Waals surface area contributed by atoms with Gasteiger partial charge in [-0.25, -0.2) is 9.37 Å². The molecule has 3 heterocycles. The van der Waals surface area contributed by atoms with Crippen LogP contribution in [0.1, 0.15) is 30.0 Å². The number of pyridine rings is 1. The number of anilines is 1. The quantitative estimate of drug-likeness (QED) is 0.569. The van der Waals surface area contributed by atoms with Crippen molar-refractivity contribution >= 4 is 18.7 Å². The first-order chi connectivity index (χ1) is 14.8. The lowest BCUT2D eigenvalue weighted by Gasteiger charge is -2.24. The van der Waals surface area contributed by atoms with Crippen LogP contribution in [0.4, 0.5) is 10.2 Å². The Bertz CT molecular complexity index is 1270. The van der Waals surface area contributed by atoms with Gasteiger partial charge in [0.25, 0.3) is 0 Å². The van der Waals surface area contributed by atoms with Crippen molar-refractivity contribution in [2.45, 2.75) is 19.6 Å². The van der Waals surface area contributed by atoms with E-state index in [2.05, 4.69) is 16.2 Å². The molecule has 2 atom stereocenters. The van der Waals surface area contributed by atoms with Crippen LogP contribution in [0.15, 0.2) is 30.5 Å². The Morgan fingerprint density at radius 3 is 2.90 bits per heavy atom. The Morgan fingerprint density at radius 1 is 1.42 bits per heavy atom. The summed E-state index contributed by atoms with van der Waals surface area (Å²) in [5.74, 6) is -0.192. The van der Waals surface area contributed by atoms with Gasteiger partial charge >= 0.3 is 7.60 Å². The lowest BCUT2D eigenvalue weighted by Crippen LogP contribution is -2.20. The number of nitrogens with two attached hydrogens (primary N) is 1. The molecule has 2 unspecified atom stereocenters. The molecule has 4 rings (SSSR count). The molecule has 1 aromatic carbocycles. The first-order valence-electron chi connectivity index (χ1n) is 9.26. The molecule has 0 saturated carbocycles. The van der Waals surface area contributed by atoms with Crippen molar-refractivity contribution in [1.29, 1.82) is 5.26 Å². The summed E-state index contributed by atoms with van der Waals surface area (Å²) in [5, 5.41) is 14.1. The molecule has 3 aromatic rings. The molecular weight excluding hydrogens is 424 g/mol. The number of hydrogen-bond acceptors (Lipinski definition) is 8. The van der Waals surface area contributed by atoms with Gasteiger partial charge in [-0.1, -0.05) is 0 Å². The largest absolute Gasteiger partial charge is 0.482 e.